The lowest BCUT2D eigenvalue weighted by Crippen LogP contribution is -2.36. The van der Waals surface area contributed by atoms with Crippen LogP contribution in [-0.4, -0.2) is 19.1 Å². The SMILES string of the molecule is Cn1c(=O)c2[nH]c(/N=N/Nc3ccc(Br)cc3)nc2n(C)c1=O. The summed E-state index contributed by atoms with van der Waals surface area (Å²) < 4.78 is 3.23. The summed E-state index contributed by atoms with van der Waals surface area (Å²) in [5.41, 5.74) is 3.01. The van der Waals surface area contributed by atoms with Gasteiger partial charge in [0.25, 0.3) is 11.5 Å². The van der Waals surface area contributed by atoms with Crippen LogP contribution in [-0.2, 0) is 14.1 Å². The molecular formula is C13H12BrN7O2. The van der Waals surface area contributed by atoms with Gasteiger partial charge in [0.05, 0.1) is 5.69 Å². The second-order valence-electron chi connectivity index (χ2n) is 4.78. The first-order valence-electron chi connectivity index (χ1n) is 6.55. The van der Waals surface area contributed by atoms with Crippen molar-refractivity contribution in [2.45, 2.75) is 0 Å². The van der Waals surface area contributed by atoms with Gasteiger partial charge in [-0.25, -0.2) is 4.79 Å². The standard InChI is InChI=1S/C13H12BrN7O2/c1-20-10-9(11(22)21(2)13(20)23)15-12(16-10)18-19-17-8-5-3-7(14)4-6-8/h3-6H,1-2H3,(H2,15,16,17,18). The summed E-state index contributed by atoms with van der Waals surface area (Å²) in [5, 5.41) is 7.69. The molecule has 0 unspecified atom stereocenters. The Labute approximate surface area is 137 Å². The Morgan fingerprint density at radius 2 is 1.87 bits per heavy atom. The first-order chi connectivity index (χ1) is 11.0. The number of fused-ring (bicyclic) bond motifs is 1. The maximum atomic E-state index is 12.0. The molecule has 3 aromatic rings. The predicted octanol–water partition coefficient (Wildman–Crippen LogP) is 1.83. The number of aromatic nitrogens is 4. The molecule has 0 fully saturated rings. The average Bonchev–Trinajstić information content (AvgIpc) is 2.97. The van der Waals surface area contributed by atoms with Crippen LogP contribution in [0.2, 0.25) is 0 Å². The van der Waals surface area contributed by atoms with Crippen LogP contribution in [0.3, 0.4) is 0 Å². The molecular weight excluding hydrogens is 366 g/mol. The van der Waals surface area contributed by atoms with Crippen molar-refractivity contribution >= 4 is 38.7 Å². The van der Waals surface area contributed by atoms with Crippen LogP contribution >= 0.6 is 15.9 Å². The molecule has 0 bridgehead atoms. The summed E-state index contributed by atoms with van der Waals surface area (Å²) in [4.78, 5) is 30.7. The van der Waals surface area contributed by atoms with E-state index in [1.54, 1.807) is 0 Å². The van der Waals surface area contributed by atoms with Gasteiger partial charge in [0.15, 0.2) is 11.2 Å². The molecule has 0 aliphatic rings. The molecule has 0 aliphatic heterocycles. The largest absolute Gasteiger partial charge is 0.332 e. The molecule has 10 heteroatoms. The lowest BCUT2D eigenvalue weighted by molar-refractivity contribution is 0.709. The van der Waals surface area contributed by atoms with Crippen molar-refractivity contribution in [1.82, 2.24) is 19.1 Å². The molecule has 0 saturated carbocycles. The number of hydrogen-bond acceptors (Lipinski definition) is 5. The van der Waals surface area contributed by atoms with E-state index in [1.807, 2.05) is 24.3 Å². The van der Waals surface area contributed by atoms with E-state index in [0.29, 0.717) is 0 Å². The second-order valence-corrected chi connectivity index (χ2v) is 5.70. The van der Waals surface area contributed by atoms with Crippen molar-refractivity contribution in [3.63, 3.8) is 0 Å². The van der Waals surface area contributed by atoms with Gasteiger partial charge in [0.2, 0.25) is 0 Å². The van der Waals surface area contributed by atoms with Crippen molar-refractivity contribution in [2.75, 3.05) is 5.43 Å². The number of anilines is 1. The minimum Gasteiger partial charge on any atom is -0.315 e. The van der Waals surface area contributed by atoms with Crippen LogP contribution in [0.1, 0.15) is 0 Å². The highest BCUT2D eigenvalue weighted by Crippen LogP contribution is 2.15. The molecule has 0 aliphatic carbocycles. The monoisotopic (exact) mass is 377 g/mol. The molecule has 2 N–H and O–H groups in total. The lowest BCUT2D eigenvalue weighted by Gasteiger charge is -2.00. The number of halogens is 1. The van der Waals surface area contributed by atoms with E-state index < -0.39 is 11.2 Å². The van der Waals surface area contributed by atoms with Gasteiger partial charge in [0, 0.05) is 18.6 Å². The maximum Gasteiger partial charge on any atom is 0.332 e. The quantitative estimate of drug-likeness (QED) is 0.535. The number of nitrogens with zero attached hydrogens (tertiary/aromatic N) is 5. The van der Waals surface area contributed by atoms with E-state index >= 15 is 0 Å². The minimum absolute atomic E-state index is 0.128. The summed E-state index contributed by atoms with van der Waals surface area (Å²) in [6.07, 6.45) is 0. The van der Waals surface area contributed by atoms with Crippen molar-refractivity contribution in [3.05, 3.63) is 49.6 Å². The summed E-state index contributed by atoms with van der Waals surface area (Å²) in [7, 11) is 2.94. The molecule has 9 nitrogen and oxygen atoms in total. The fraction of sp³-hybridized carbons (Fsp3) is 0.154. The number of aryl methyl sites for hydroxylation is 1. The van der Waals surface area contributed by atoms with Crippen molar-refractivity contribution in [3.8, 4) is 0 Å². The van der Waals surface area contributed by atoms with Gasteiger partial charge in [-0.2, -0.15) is 4.98 Å². The topological polar surface area (TPSA) is 109 Å². The first-order valence-corrected chi connectivity index (χ1v) is 7.34. The Morgan fingerprint density at radius 3 is 2.57 bits per heavy atom. The lowest BCUT2D eigenvalue weighted by atomic mass is 10.3. The predicted molar refractivity (Wildman–Crippen MR) is 88.9 cm³/mol. The van der Waals surface area contributed by atoms with Gasteiger partial charge in [-0.1, -0.05) is 26.3 Å². The second kappa shape index (κ2) is 5.80. The smallest absolute Gasteiger partial charge is 0.315 e. The number of rotatable bonds is 3. The number of imidazole rings is 1. The van der Waals surface area contributed by atoms with E-state index in [0.717, 1.165) is 14.7 Å². The number of hydrogen-bond donors (Lipinski definition) is 2. The summed E-state index contributed by atoms with van der Waals surface area (Å²) in [5.74, 6) is 0.128. The number of aromatic amines is 1. The molecule has 1 aromatic carbocycles. The molecule has 2 heterocycles. The van der Waals surface area contributed by atoms with Crippen LogP contribution in [0.4, 0.5) is 11.6 Å². The van der Waals surface area contributed by atoms with Gasteiger partial charge in [-0.15, -0.1) is 0 Å². The zero-order valence-corrected chi connectivity index (χ0v) is 13.8. The van der Waals surface area contributed by atoms with E-state index in [4.69, 9.17) is 0 Å². The molecule has 2 aromatic heterocycles. The number of H-pyrrole nitrogens is 1. The normalized spacial score (nSPS) is 11.4. The third-order valence-electron chi connectivity index (χ3n) is 3.25. The third-order valence-corrected chi connectivity index (χ3v) is 3.78. The molecule has 3 rings (SSSR count). The van der Waals surface area contributed by atoms with E-state index in [2.05, 4.69) is 41.7 Å². The van der Waals surface area contributed by atoms with Crippen molar-refractivity contribution < 1.29 is 0 Å². The zero-order valence-electron chi connectivity index (χ0n) is 12.2. The van der Waals surface area contributed by atoms with Gasteiger partial charge in [0.1, 0.15) is 0 Å². The Bertz CT molecular complexity index is 1010. The molecule has 0 atom stereocenters. The maximum absolute atomic E-state index is 12.0. The van der Waals surface area contributed by atoms with Gasteiger partial charge in [-0.05, 0) is 24.3 Å². The van der Waals surface area contributed by atoms with Crippen molar-refractivity contribution in [1.29, 1.82) is 0 Å². The summed E-state index contributed by atoms with van der Waals surface area (Å²) in [6, 6.07) is 7.36. The highest BCUT2D eigenvalue weighted by Gasteiger charge is 2.12. The fourth-order valence-electron chi connectivity index (χ4n) is 2.02. The van der Waals surface area contributed by atoms with E-state index in [1.165, 1.54) is 18.7 Å². The van der Waals surface area contributed by atoms with Crippen LogP contribution in [0.5, 0.6) is 0 Å². The summed E-state index contributed by atoms with van der Waals surface area (Å²) in [6.45, 7) is 0. The van der Waals surface area contributed by atoms with E-state index in [-0.39, 0.29) is 17.1 Å². The molecule has 0 radical (unpaired) electrons. The third kappa shape index (κ3) is 2.80. The molecule has 118 valence electrons. The highest BCUT2D eigenvalue weighted by molar-refractivity contribution is 9.10. The van der Waals surface area contributed by atoms with Gasteiger partial charge in [-0.3, -0.25) is 19.4 Å². The Morgan fingerprint density at radius 1 is 1.17 bits per heavy atom. The summed E-state index contributed by atoms with van der Waals surface area (Å²) >= 11 is 3.34. The van der Waals surface area contributed by atoms with Crippen molar-refractivity contribution in [2.24, 2.45) is 24.4 Å². The van der Waals surface area contributed by atoms with Crippen LogP contribution in [0.25, 0.3) is 11.2 Å². The van der Waals surface area contributed by atoms with Gasteiger partial charge < -0.3 is 4.98 Å². The van der Waals surface area contributed by atoms with Crippen LogP contribution in [0, 0.1) is 0 Å². The van der Waals surface area contributed by atoms with Gasteiger partial charge >= 0.3 is 5.69 Å². The molecule has 0 amide bonds. The molecule has 23 heavy (non-hydrogen) atoms. The molecule has 0 saturated heterocycles. The average molecular weight is 378 g/mol. The van der Waals surface area contributed by atoms with Crippen LogP contribution < -0.4 is 16.7 Å². The first kappa shape index (κ1) is 15.2. The fourth-order valence-corrected chi connectivity index (χ4v) is 2.28. The van der Waals surface area contributed by atoms with Crippen LogP contribution in [0.15, 0.2) is 48.7 Å². The number of benzene rings is 1. The Hall–Kier alpha value is -2.75. The Kier molecular flexibility index (Phi) is 3.82. The molecule has 0 spiro atoms. The zero-order chi connectivity index (χ0) is 16.6. The minimum atomic E-state index is -0.460. The van der Waals surface area contributed by atoms with E-state index in [9.17, 15) is 9.59 Å². The highest BCUT2D eigenvalue weighted by atomic mass is 79.9. The Balaban J connectivity index is 1.92. The number of nitrogens with one attached hydrogen (secondary N) is 2.